The lowest BCUT2D eigenvalue weighted by Gasteiger charge is -2.22. The van der Waals surface area contributed by atoms with E-state index in [9.17, 15) is 18.0 Å². The molecule has 2 aromatic rings. The first kappa shape index (κ1) is 21.6. The van der Waals surface area contributed by atoms with Crippen LogP contribution in [0, 0.1) is 6.92 Å². The van der Waals surface area contributed by atoms with Gasteiger partial charge in [-0.15, -0.1) is 0 Å². The number of hydrogen-bond donors (Lipinski definition) is 1. The Morgan fingerprint density at radius 1 is 1.07 bits per heavy atom. The first-order valence-corrected chi connectivity index (χ1v) is 10.9. The van der Waals surface area contributed by atoms with Crippen molar-refractivity contribution in [2.24, 2.45) is 0 Å². The molecule has 0 saturated heterocycles. The van der Waals surface area contributed by atoms with Crippen LogP contribution in [0.1, 0.15) is 34.8 Å². The molecule has 0 atom stereocenters. The van der Waals surface area contributed by atoms with Crippen LogP contribution >= 0.6 is 0 Å². The monoisotopic (exact) mass is 402 g/mol. The second-order valence-electron chi connectivity index (χ2n) is 6.82. The number of nitrogens with one attached hydrogen (secondary N) is 1. The van der Waals surface area contributed by atoms with E-state index in [1.807, 2.05) is 19.1 Å². The van der Waals surface area contributed by atoms with Crippen LogP contribution in [0.3, 0.4) is 0 Å². The van der Waals surface area contributed by atoms with Gasteiger partial charge < -0.3 is 5.32 Å². The number of sulfonamides is 1. The fourth-order valence-corrected chi connectivity index (χ4v) is 3.59. The molecule has 6 nitrogen and oxygen atoms in total. The summed E-state index contributed by atoms with van der Waals surface area (Å²) in [5.74, 6) is -0.557. The predicted octanol–water partition coefficient (Wildman–Crippen LogP) is 2.71. The number of anilines is 1. The summed E-state index contributed by atoms with van der Waals surface area (Å²) in [5.41, 5.74) is 3.08. The van der Waals surface area contributed by atoms with Crippen molar-refractivity contribution >= 4 is 27.4 Å². The van der Waals surface area contributed by atoms with Crippen LogP contribution in [0.4, 0.5) is 5.69 Å². The van der Waals surface area contributed by atoms with E-state index < -0.39 is 10.0 Å². The molecule has 1 amide bonds. The standard InChI is InChI=1S/C21H26N2O4S/c1-16-9-11-18(12-10-16)6-5-13-22-21(25)15-23(28(3,26)27)20-8-4-7-19(14-20)17(2)24/h4,7-12,14H,5-6,13,15H2,1-3H3,(H,22,25). The average molecular weight is 403 g/mol. The largest absolute Gasteiger partial charge is 0.355 e. The maximum Gasteiger partial charge on any atom is 0.240 e. The Morgan fingerprint density at radius 2 is 1.75 bits per heavy atom. The fraction of sp³-hybridized carbons (Fsp3) is 0.333. The van der Waals surface area contributed by atoms with Gasteiger partial charge in [-0.1, -0.05) is 42.0 Å². The van der Waals surface area contributed by atoms with Gasteiger partial charge in [-0.2, -0.15) is 0 Å². The minimum absolute atomic E-state index is 0.171. The van der Waals surface area contributed by atoms with Crippen molar-refractivity contribution in [1.29, 1.82) is 0 Å². The van der Waals surface area contributed by atoms with Crippen molar-refractivity contribution in [3.05, 3.63) is 65.2 Å². The average Bonchev–Trinajstić information content (AvgIpc) is 2.64. The van der Waals surface area contributed by atoms with E-state index >= 15 is 0 Å². The molecule has 0 heterocycles. The normalized spacial score (nSPS) is 11.1. The number of Topliss-reactive ketones (excluding diaryl/α,β-unsaturated/α-hetero) is 1. The lowest BCUT2D eigenvalue weighted by atomic mass is 10.1. The van der Waals surface area contributed by atoms with Gasteiger partial charge in [-0.25, -0.2) is 8.42 Å². The Morgan fingerprint density at radius 3 is 2.36 bits per heavy atom. The van der Waals surface area contributed by atoms with Crippen molar-refractivity contribution in [3.8, 4) is 0 Å². The zero-order valence-corrected chi connectivity index (χ0v) is 17.3. The molecular weight excluding hydrogens is 376 g/mol. The molecule has 0 radical (unpaired) electrons. The number of rotatable bonds is 9. The van der Waals surface area contributed by atoms with E-state index in [0.29, 0.717) is 17.8 Å². The van der Waals surface area contributed by atoms with Crippen molar-refractivity contribution < 1.29 is 18.0 Å². The molecule has 0 aliphatic rings. The van der Waals surface area contributed by atoms with Gasteiger partial charge in [0, 0.05) is 12.1 Å². The summed E-state index contributed by atoms with van der Waals surface area (Å²) in [6, 6.07) is 14.5. The molecule has 150 valence electrons. The quantitative estimate of drug-likeness (QED) is 0.516. The molecule has 0 bridgehead atoms. The van der Waals surface area contributed by atoms with Crippen LogP contribution in [-0.4, -0.2) is 39.5 Å². The van der Waals surface area contributed by atoms with Crippen LogP contribution in [0.5, 0.6) is 0 Å². The second-order valence-corrected chi connectivity index (χ2v) is 8.72. The molecule has 2 rings (SSSR count). The minimum atomic E-state index is -3.67. The first-order valence-electron chi connectivity index (χ1n) is 9.08. The van der Waals surface area contributed by atoms with E-state index in [2.05, 4.69) is 17.4 Å². The smallest absolute Gasteiger partial charge is 0.240 e. The molecule has 2 aromatic carbocycles. The van der Waals surface area contributed by atoms with Gasteiger partial charge in [0.25, 0.3) is 0 Å². The number of benzene rings is 2. The molecule has 0 aliphatic heterocycles. The maximum absolute atomic E-state index is 12.3. The number of hydrogen-bond acceptors (Lipinski definition) is 4. The summed E-state index contributed by atoms with van der Waals surface area (Å²) in [6.45, 7) is 3.57. The van der Waals surface area contributed by atoms with Crippen molar-refractivity contribution in [1.82, 2.24) is 5.32 Å². The van der Waals surface area contributed by atoms with Gasteiger partial charge in [0.1, 0.15) is 6.54 Å². The topological polar surface area (TPSA) is 83.6 Å². The third-order valence-electron chi connectivity index (χ3n) is 4.31. The van der Waals surface area contributed by atoms with Gasteiger partial charge in [-0.05, 0) is 44.4 Å². The van der Waals surface area contributed by atoms with E-state index in [0.717, 1.165) is 23.4 Å². The van der Waals surface area contributed by atoms with Gasteiger partial charge in [0.05, 0.1) is 11.9 Å². The van der Waals surface area contributed by atoms with Crippen molar-refractivity contribution in [2.45, 2.75) is 26.7 Å². The summed E-state index contributed by atoms with van der Waals surface area (Å²) < 4.78 is 25.3. The first-order chi connectivity index (χ1) is 13.2. The predicted molar refractivity (Wildman–Crippen MR) is 111 cm³/mol. The van der Waals surface area contributed by atoms with Crippen LogP contribution in [-0.2, 0) is 21.2 Å². The van der Waals surface area contributed by atoms with Crippen LogP contribution in [0.25, 0.3) is 0 Å². The van der Waals surface area contributed by atoms with E-state index in [1.165, 1.54) is 24.1 Å². The lowest BCUT2D eigenvalue weighted by molar-refractivity contribution is -0.119. The Kier molecular flexibility index (Phi) is 7.34. The van der Waals surface area contributed by atoms with Gasteiger partial charge in [-0.3, -0.25) is 13.9 Å². The number of carbonyl (C=O) groups excluding carboxylic acids is 2. The Balaban J connectivity index is 1.95. The molecular formula is C21H26N2O4S. The summed E-state index contributed by atoms with van der Waals surface area (Å²) in [7, 11) is -3.67. The molecule has 1 N–H and O–H groups in total. The van der Waals surface area contributed by atoms with E-state index in [-0.39, 0.29) is 18.2 Å². The summed E-state index contributed by atoms with van der Waals surface area (Å²) >= 11 is 0. The molecule has 7 heteroatoms. The highest BCUT2D eigenvalue weighted by Gasteiger charge is 2.21. The zero-order chi connectivity index (χ0) is 20.7. The van der Waals surface area contributed by atoms with E-state index in [1.54, 1.807) is 18.2 Å². The molecule has 0 fully saturated rings. The fourth-order valence-electron chi connectivity index (χ4n) is 2.74. The molecule has 0 saturated carbocycles. The summed E-state index contributed by atoms with van der Waals surface area (Å²) in [6.07, 6.45) is 2.63. The minimum Gasteiger partial charge on any atom is -0.355 e. The maximum atomic E-state index is 12.3. The third-order valence-corrected chi connectivity index (χ3v) is 5.45. The number of amides is 1. The van der Waals surface area contributed by atoms with Crippen LogP contribution < -0.4 is 9.62 Å². The molecule has 0 aliphatic carbocycles. The molecule has 0 spiro atoms. The van der Waals surface area contributed by atoms with E-state index in [4.69, 9.17) is 0 Å². The van der Waals surface area contributed by atoms with Gasteiger partial charge in [0.2, 0.25) is 15.9 Å². The highest BCUT2D eigenvalue weighted by atomic mass is 32.2. The number of carbonyl (C=O) groups is 2. The summed E-state index contributed by atoms with van der Waals surface area (Å²) in [4.78, 5) is 23.8. The van der Waals surface area contributed by atoms with Gasteiger partial charge >= 0.3 is 0 Å². The lowest BCUT2D eigenvalue weighted by Crippen LogP contribution is -2.40. The highest BCUT2D eigenvalue weighted by molar-refractivity contribution is 7.92. The third kappa shape index (κ3) is 6.49. The van der Waals surface area contributed by atoms with Crippen molar-refractivity contribution in [3.63, 3.8) is 0 Å². The molecule has 0 aromatic heterocycles. The van der Waals surface area contributed by atoms with Gasteiger partial charge in [0.15, 0.2) is 5.78 Å². The van der Waals surface area contributed by atoms with Crippen LogP contribution in [0.15, 0.2) is 48.5 Å². The van der Waals surface area contributed by atoms with Crippen LogP contribution in [0.2, 0.25) is 0 Å². The van der Waals surface area contributed by atoms with Crippen molar-refractivity contribution in [2.75, 3.05) is 23.7 Å². The number of nitrogens with zero attached hydrogens (tertiary/aromatic N) is 1. The highest BCUT2D eigenvalue weighted by Crippen LogP contribution is 2.19. The molecule has 28 heavy (non-hydrogen) atoms. The zero-order valence-electron chi connectivity index (χ0n) is 16.4. The second kappa shape index (κ2) is 9.50. The molecule has 0 unspecified atom stereocenters. The number of ketones is 1. The Hall–Kier alpha value is -2.67. The Labute approximate surface area is 166 Å². The Bertz CT molecular complexity index is 937. The SMILES string of the molecule is CC(=O)c1cccc(N(CC(=O)NCCCc2ccc(C)cc2)S(C)(=O)=O)c1. The summed E-state index contributed by atoms with van der Waals surface area (Å²) in [5, 5.41) is 2.76. The number of aryl methyl sites for hydroxylation is 2.